The van der Waals surface area contributed by atoms with Gasteiger partial charge in [0, 0.05) is 34.4 Å². The summed E-state index contributed by atoms with van der Waals surface area (Å²) in [5, 5.41) is 3.01. The van der Waals surface area contributed by atoms with Gasteiger partial charge in [0.25, 0.3) is 5.91 Å². The van der Waals surface area contributed by atoms with Gasteiger partial charge in [-0.3, -0.25) is 14.4 Å². The van der Waals surface area contributed by atoms with Crippen LogP contribution in [0.2, 0.25) is 0 Å². The largest absolute Gasteiger partial charge is 0.490 e. The number of aliphatic imine (C=N–C) groups is 1. The molecule has 45 heavy (non-hydrogen) atoms. The van der Waals surface area contributed by atoms with E-state index in [-0.39, 0.29) is 41.7 Å². The normalized spacial score (nSPS) is 17.8. The van der Waals surface area contributed by atoms with Gasteiger partial charge >= 0.3 is 7.60 Å². The Morgan fingerprint density at radius 2 is 1.80 bits per heavy atom. The van der Waals surface area contributed by atoms with Gasteiger partial charge in [-0.05, 0) is 95.8 Å². The minimum atomic E-state index is -3.78. The Kier molecular flexibility index (Phi) is 10.3. The number of hydrogen-bond donors (Lipinski definition) is 2. The maximum Gasteiger partial charge on any atom is 0.332 e. The topological polar surface area (TPSA) is 106 Å². The summed E-state index contributed by atoms with van der Waals surface area (Å²) < 4.78 is 30.2. The Bertz CT molecular complexity index is 1650. The van der Waals surface area contributed by atoms with Crippen LogP contribution in [0.5, 0.6) is 11.5 Å². The Morgan fingerprint density at radius 3 is 2.47 bits per heavy atom. The molecule has 3 aromatic carbocycles. The van der Waals surface area contributed by atoms with E-state index in [1.165, 1.54) is 5.56 Å². The van der Waals surface area contributed by atoms with Gasteiger partial charge in [-0.1, -0.05) is 31.2 Å². The van der Waals surface area contributed by atoms with Crippen LogP contribution in [0, 0.1) is 0 Å². The molecular weight excluding hydrogens is 611 g/mol. The highest BCUT2D eigenvalue weighted by Crippen LogP contribution is 2.49. The van der Waals surface area contributed by atoms with Gasteiger partial charge in [0.1, 0.15) is 5.60 Å². The number of carbonyl (C=O) groups is 1. The molecule has 3 aromatic rings. The molecule has 5 rings (SSSR count). The van der Waals surface area contributed by atoms with E-state index in [1.54, 1.807) is 31.2 Å². The van der Waals surface area contributed by atoms with Crippen molar-refractivity contribution in [1.29, 1.82) is 0 Å². The van der Waals surface area contributed by atoms with Crippen molar-refractivity contribution in [2.45, 2.75) is 91.1 Å². The van der Waals surface area contributed by atoms with Crippen LogP contribution in [0.25, 0.3) is 0 Å². The van der Waals surface area contributed by atoms with Crippen LogP contribution >= 0.6 is 20.0 Å². The van der Waals surface area contributed by atoms with Gasteiger partial charge in [-0.25, -0.2) is 0 Å². The molecule has 1 amide bonds. The fourth-order valence-corrected chi connectivity index (χ4v) is 7.33. The number of nitrogens with one attached hydrogen (secondary N) is 1. The number of hydrogen-bond acceptors (Lipinski definition) is 6. The van der Waals surface area contributed by atoms with Crippen molar-refractivity contribution in [2.75, 3.05) is 11.9 Å². The predicted octanol–water partition coefficient (Wildman–Crippen LogP) is 8.15. The van der Waals surface area contributed by atoms with E-state index in [1.807, 2.05) is 38.1 Å². The fraction of sp³-hybridized carbons (Fsp3) is 0.429. The van der Waals surface area contributed by atoms with E-state index in [0.717, 1.165) is 46.7 Å². The summed E-state index contributed by atoms with van der Waals surface area (Å²) in [6.07, 6.45) is 1.75. The third-order valence-electron chi connectivity index (χ3n) is 7.89. The predicted molar refractivity (Wildman–Crippen MR) is 182 cm³/mol. The third kappa shape index (κ3) is 7.98. The summed E-state index contributed by atoms with van der Waals surface area (Å²) in [4.78, 5) is 28.6. The van der Waals surface area contributed by atoms with Gasteiger partial charge in [-0.2, -0.15) is 0 Å². The Hall–Kier alpha value is -3.16. The van der Waals surface area contributed by atoms with Gasteiger partial charge in [0.05, 0.1) is 30.1 Å². The number of amides is 1. The molecule has 0 fully saturated rings. The summed E-state index contributed by atoms with van der Waals surface area (Å²) in [6, 6.07) is 16.5. The summed E-state index contributed by atoms with van der Waals surface area (Å²) >= 11 is 0. The molecule has 2 aliphatic heterocycles. The summed E-state index contributed by atoms with van der Waals surface area (Å²) in [5.41, 5.74) is 6.19. The van der Waals surface area contributed by atoms with Crippen LogP contribution in [0.3, 0.4) is 0 Å². The van der Waals surface area contributed by atoms with Gasteiger partial charge in [0.15, 0.2) is 11.5 Å². The van der Waals surface area contributed by atoms with E-state index in [9.17, 15) is 14.3 Å². The van der Waals surface area contributed by atoms with Crippen LogP contribution in [0.15, 0.2) is 59.6 Å². The molecule has 8 nitrogen and oxygen atoms in total. The molecule has 0 spiro atoms. The second-order valence-electron chi connectivity index (χ2n) is 13.0. The second kappa shape index (κ2) is 13.3. The number of nitrogens with zero attached hydrogens (tertiary/aromatic N) is 1. The second-order valence-corrected chi connectivity index (χ2v) is 14.8. The lowest BCUT2D eigenvalue weighted by Crippen LogP contribution is -2.30. The molecule has 0 saturated carbocycles. The molecule has 2 heterocycles. The number of fused-ring (bicyclic) bond motifs is 3. The smallest absolute Gasteiger partial charge is 0.332 e. The highest BCUT2D eigenvalue weighted by molar-refractivity contribution is 7.52. The lowest BCUT2D eigenvalue weighted by Gasteiger charge is -2.31. The van der Waals surface area contributed by atoms with Gasteiger partial charge in [-0.15, -0.1) is 12.4 Å². The van der Waals surface area contributed by atoms with Crippen LogP contribution in [-0.2, 0) is 28.1 Å². The first kappa shape index (κ1) is 34.7. The lowest BCUT2D eigenvalue weighted by atomic mass is 9.81. The van der Waals surface area contributed by atoms with E-state index in [4.69, 9.17) is 19.0 Å². The number of ether oxygens (including phenoxy) is 2. The highest BCUT2D eigenvalue weighted by Gasteiger charge is 2.39. The fourth-order valence-electron chi connectivity index (χ4n) is 5.87. The van der Waals surface area contributed by atoms with Crippen molar-refractivity contribution in [3.8, 4) is 11.5 Å². The average molecular weight is 655 g/mol. The Balaban J connectivity index is 0.00000461. The first-order valence-corrected chi connectivity index (χ1v) is 17.1. The van der Waals surface area contributed by atoms with E-state index in [0.29, 0.717) is 29.8 Å². The van der Waals surface area contributed by atoms with Gasteiger partial charge in [0.2, 0.25) is 0 Å². The minimum Gasteiger partial charge on any atom is -0.490 e. The number of carbonyl (C=O) groups excluding carboxylic acids is 1. The lowest BCUT2D eigenvalue weighted by molar-refractivity contribution is 0.102. The highest BCUT2D eigenvalue weighted by atomic mass is 35.5. The first-order valence-electron chi connectivity index (χ1n) is 15.3. The van der Waals surface area contributed by atoms with Crippen LogP contribution in [-0.4, -0.2) is 40.4 Å². The Morgan fingerprint density at radius 1 is 1.09 bits per heavy atom. The Labute approximate surface area is 272 Å². The van der Waals surface area contributed by atoms with Crippen molar-refractivity contribution < 1.29 is 28.3 Å². The summed E-state index contributed by atoms with van der Waals surface area (Å²) in [6.45, 7) is 14.6. The molecule has 2 unspecified atom stereocenters. The number of benzene rings is 3. The van der Waals surface area contributed by atoms with E-state index in [2.05, 4.69) is 39.1 Å². The zero-order valence-electron chi connectivity index (χ0n) is 27.1. The molecular formula is C35H44ClN2O6P. The first-order chi connectivity index (χ1) is 20.7. The van der Waals surface area contributed by atoms with Crippen molar-refractivity contribution in [3.63, 3.8) is 0 Å². The zero-order valence-corrected chi connectivity index (χ0v) is 28.8. The molecule has 0 radical (unpaired) electrons. The molecule has 0 saturated heterocycles. The summed E-state index contributed by atoms with van der Waals surface area (Å²) in [5.74, 6) is 1.29. The molecule has 0 aromatic heterocycles. The van der Waals surface area contributed by atoms with Crippen LogP contribution < -0.4 is 14.8 Å². The maximum atomic E-state index is 13.2. The van der Waals surface area contributed by atoms with Crippen molar-refractivity contribution in [3.05, 3.63) is 88.0 Å². The molecule has 242 valence electrons. The van der Waals surface area contributed by atoms with Crippen LogP contribution in [0.4, 0.5) is 5.69 Å². The molecule has 2 aliphatic rings. The van der Waals surface area contributed by atoms with Crippen molar-refractivity contribution in [1.82, 2.24) is 0 Å². The van der Waals surface area contributed by atoms with Crippen molar-refractivity contribution in [2.24, 2.45) is 4.99 Å². The summed E-state index contributed by atoms with van der Waals surface area (Å²) in [7, 11) is -3.78. The molecule has 0 bridgehead atoms. The number of rotatable bonds is 10. The third-order valence-corrected chi connectivity index (χ3v) is 9.35. The minimum absolute atomic E-state index is 0. The van der Waals surface area contributed by atoms with Crippen molar-refractivity contribution >= 4 is 37.3 Å². The van der Waals surface area contributed by atoms with Crippen LogP contribution in [0.1, 0.15) is 93.1 Å². The number of halogens is 1. The maximum absolute atomic E-state index is 13.2. The monoisotopic (exact) mass is 654 g/mol. The molecule has 10 heteroatoms. The van der Waals surface area contributed by atoms with Gasteiger partial charge < -0.3 is 24.2 Å². The molecule has 2 atom stereocenters. The average Bonchev–Trinajstić information content (AvgIpc) is 3.27. The quantitative estimate of drug-likeness (QED) is 0.214. The SMILES string of the molecule is CCOc1cc2c(c3c1OC(C)(C)C3)C(c1cccc(NC(=O)c3ccc(CP(=O)(O)OC(C)CC)cc3)c1)=NC(C)(C)C2.Cl. The molecule has 2 N–H and O–H groups in total. The zero-order chi connectivity index (χ0) is 31.9. The standard InChI is InChI=1S/C35H43N2O6P.ClH/c1-8-22(3)43-44(39,40)21-23-13-15-24(16-14-23)33(38)36-27-12-10-11-25(17-27)31-30-26(19-34(4,5)37-31)18-29(41-9-2)32-28(30)20-35(6,7)42-32;/h10-18,22H,8-9,19-21H2,1-7H3,(H,36,38)(H,39,40);1H. The number of anilines is 1. The van der Waals surface area contributed by atoms with E-state index < -0.39 is 7.60 Å². The van der Waals surface area contributed by atoms with E-state index >= 15 is 0 Å². The molecule has 0 aliphatic carbocycles.